The number of sulfonamides is 1. The molecule has 0 unspecified atom stereocenters. The maximum atomic E-state index is 12.2. The molecule has 2 rings (SSSR count). The Morgan fingerprint density at radius 1 is 1.38 bits per heavy atom. The predicted octanol–water partition coefficient (Wildman–Crippen LogP) is 2.10. The smallest absolute Gasteiger partial charge is 0.291 e. The molecule has 0 aliphatic heterocycles. The van der Waals surface area contributed by atoms with E-state index in [1.807, 2.05) is 6.92 Å². The molecule has 2 N–H and O–H groups in total. The Labute approximate surface area is 123 Å². The van der Waals surface area contributed by atoms with Crippen LogP contribution in [0.1, 0.15) is 26.2 Å². The summed E-state index contributed by atoms with van der Waals surface area (Å²) in [4.78, 5) is 10.1. The van der Waals surface area contributed by atoms with Crippen LogP contribution >= 0.6 is 0 Å². The van der Waals surface area contributed by atoms with E-state index >= 15 is 0 Å². The molecule has 0 radical (unpaired) electrons. The van der Waals surface area contributed by atoms with Crippen molar-refractivity contribution in [3.05, 3.63) is 28.3 Å². The third-order valence-electron chi connectivity index (χ3n) is 3.37. The molecule has 0 spiro atoms. The molecule has 116 valence electrons. The first-order chi connectivity index (χ1) is 9.94. The van der Waals surface area contributed by atoms with E-state index in [9.17, 15) is 18.5 Å². The summed E-state index contributed by atoms with van der Waals surface area (Å²) in [5, 5.41) is 14.0. The molecule has 21 heavy (non-hydrogen) atoms. The van der Waals surface area contributed by atoms with Crippen LogP contribution in [0.2, 0.25) is 0 Å². The van der Waals surface area contributed by atoms with Gasteiger partial charge in [0.05, 0.1) is 4.92 Å². The van der Waals surface area contributed by atoms with E-state index in [1.165, 1.54) is 18.2 Å². The van der Waals surface area contributed by atoms with Crippen LogP contribution in [0.3, 0.4) is 0 Å². The number of nitro groups is 1. The second-order valence-corrected chi connectivity index (χ2v) is 6.84. The van der Waals surface area contributed by atoms with Crippen LogP contribution in [0.4, 0.5) is 11.4 Å². The van der Waals surface area contributed by atoms with Gasteiger partial charge in [-0.05, 0) is 31.4 Å². The average molecular weight is 313 g/mol. The zero-order valence-corrected chi connectivity index (χ0v) is 12.6. The Bertz CT molecular complexity index is 626. The lowest BCUT2D eigenvalue weighted by Gasteiger charge is -2.09. The van der Waals surface area contributed by atoms with Gasteiger partial charge in [0.2, 0.25) is 10.0 Å². The molecule has 8 heteroatoms. The zero-order chi connectivity index (χ0) is 15.5. The molecule has 1 aromatic rings. The zero-order valence-electron chi connectivity index (χ0n) is 11.8. The Morgan fingerprint density at radius 2 is 2.10 bits per heavy atom. The third kappa shape index (κ3) is 4.15. The maximum Gasteiger partial charge on any atom is 0.291 e. The topological polar surface area (TPSA) is 101 Å². The average Bonchev–Trinajstić information content (AvgIpc) is 3.22. The highest BCUT2D eigenvalue weighted by Crippen LogP contribution is 2.32. The fourth-order valence-electron chi connectivity index (χ4n) is 2.08. The molecule has 0 atom stereocenters. The largest absolute Gasteiger partial charge is 0.385 e. The van der Waals surface area contributed by atoms with Crippen LogP contribution in [0, 0.1) is 16.0 Å². The lowest BCUT2D eigenvalue weighted by atomic mass is 10.3. The van der Waals surface area contributed by atoms with Crippen molar-refractivity contribution in [3.8, 4) is 0 Å². The van der Waals surface area contributed by atoms with Gasteiger partial charge in [0, 0.05) is 24.8 Å². The first-order valence-corrected chi connectivity index (χ1v) is 8.44. The third-order valence-corrected chi connectivity index (χ3v) is 4.88. The van der Waals surface area contributed by atoms with Crippen LogP contribution in [-0.2, 0) is 10.0 Å². The highest BCUT2D eigenvalue weighted by molar-refractivity contribution is 7.89. The number of nitrogens with one attached hydrogen (secondary N) is 2. The van der Waals surface area contributed by atoms with Crippen molar-refractivity contribution in [2.75, 3.05) is 18.4 Å². The summed E-state index contributed by atoms with van der Waals surface area (Å²) in [5.74, 6) is 0.596. The van der Waals surface area contributed by atoms with E-state index in [0.29, 0.717) is 24.7 Å². The molecular formula is C13H19N3O4S. The van der Waals surface area contributed by atoms with Crippen molar-refractivity contribution in [3.63, 3.8) is 0 Å². The molecule has 0 aromatic heterocycles. The molecule has 1 aromatic carbocycles. The van der Waals surface area contributed by atoms with Crippen molar-refractivity contribution in [2.45, 2.75) is 31.1 Å². The second kappa shape index (κ2) is 6.40. The normalized spacial score (nSPS) is 14.9. The van der Waals surface area contributed by atoms with Gasteiger partial charge < -0.3 is 5.32 Å². The fraction of sp³-hybridized carbons (Fsp3) is 0.538. The number of anilines is 1. The number of hydrogen-bond donors (Lipinski definition) is 2. The van der Waals surface area contributed by atoms with Crippen LogP contribution in [0.25, 0.3) is 0 Å². The van der Waals surface area contributed by atoms with E-state index in [1.54, 1.807) is 0 Å². The summed E-state index contributed by atoms with van der Waals surface area (Å²) in [6.07, 6.45) is 3.06. The Morgan fingerprint density at radius 3 is 2.67 bits per heavy atom. The number of rotatable bonds is 8. The van der Waals surface area contributed by atoms with Gasteiger partial charge in [0.25, 0.3) is 5.69 Å². The number of nitro benzene ring substituents is 1. The molecule has 1 fully saturated rings. The van der Waals surface area contributed by atoms with E-state index in [0.717, 1.165) is 19.3 Å². The number of benzene rings is 1. The molecule has 0 heterocycles. The minimum atomic E-state index is -3.85. The van der Waals surface area contributed by atoms with Crippen LogP contribution in [0.15, 0.2) is 23.1 Å². The molecular weight excluding hydrogens is 294 g/mol. The lowest BCUT2D eigenvalue weighted by Crippen LogP contribution is -2.25. The molecule has 7 nitrogen and oxygen atoms in total. The minimum absolute atomic E-state index is 0.287. The Balaban J connectivity index is 2.20. The van der Waals surface area contributed by atoms with Gasteiger partial charge in [-0.2, -0.15) is 0 Å². The van der Waals surface area contributed by atoms with E-state index in [2.05, 4.69) is 10.0 Å². The summed E-state index contributed by atoms with van der Waals surface area (Å²) in [5.41, 5.74) is 0.119. The number of nitrogens with zero attached hydrogens (tertiary/aromatic N) is 1. The quantitative estimate of drug-likeness (QED) is 0.565. The van der Waals surface area contributed by atoms with Gasteiger partial charge in [-0.3, -0.25) is 10.1 Å². The van der Waals surface area contributed by atoms with E-state index in [4.69, 9.17) is 0 Å². The van der Waals surface area contributed by atoms with Crippen LogP contribution in [0.5, 0.6) is 0 Å². The van der Waals surface area contributed by atoms with Crippen LogP contribution in [-0.4, -0.2) is 26.4 Å². The maximum absolute atomic E-state index is 12.2. The highest BCUT2D eigenvalue weighted by Gasteiger charge is 2.27. The molecule has 1 saturated carbocycles. The first-order valence-electron chi connectivity index (χ1n) is 6.96. The standard InChI is InChI=1S/C13H19N3O4S/c1-2-14-11-5-6-13(12(9-11)16(17)18)21(19,20)15-8-7-10-3-4-10/h5-6,9-10,14-15H,2-4,7-8H2,1H3. The monoisotopic (exact) mass is 313 g/mol. The summed E-state index contributed by atoms with van der Waals surface area (Å²) >= 11 is 0. The Hall–Kier alpha value is -1.67. The summed E-state index contributed by atoms with van der Waals surface area (Å²) < 4.78 is 26.8. The highest BCUT2D eigenvalue weighted by atomic mass is 32.2. The lowest BCUT2D eigenvalue weighted by molar-refractivity contribution is -0.387. The molecule has 1 aliphatic carbocycles. The molecule has 0 amide bonds. The van der Waals surface area contributed by atoms with Crippen molar-refractivity contribution < 1.29 is 13.3 Å². The first kappa shape index (κ1) is 15.7. The summed E-state index contributed by atoms with van der Waals surface area (Å²) in [6, 6.07) is 4.06. The summed E-state index contributed by atoms with van der Waals surface area (Å²) in [6.45, 7) is 2.78. The van der Waals surface area contributed by atoms with Gasteiger partial charge in [-0.1, -0.05) is 12.8 Å². The summed E-state index contributed by atoms with van der Waals surface area (Å²) in [7, 11) is -3.85. The molecule has 1 aliphatic rings. The minimum Gasteiger partial charge on any atom is -0.385 e. The van der Waals surface area contributed by atoms with Crippen LogP contribution < -0.4 is 10.0 Å². The van der Waals surface area contributed by atoms with Crippen molar-refractivity contribution in [1.29, 1.82) is 0 Å². The van der Waals surface area contributed by atoms with Gasteiger partial charge in [0.15, 0.2) is 4.90 Å². The SMILES string of the molecule is CCNc1ccc(S(=O)(=O)NCCC2CC2)c([N+](=O)[O-])c1. The van der Waals surface area contributed by atoms with Gasteiger partial charge in [-0.25, -0.2) is 13.1 Å². The Kier molecular flexibility index (Phi) is 4.79. The van der Waals surface area contributed by atoms with Gasteiger partial charge in [0.1, 0.15) is 0 Å². The fourth-order valence-corrected chi connectivity index (χ4v) is 3.28. The number of hydrogen-bond acceptors (Lipinski definition) is 5. The van der Waals surface area contributed by atoms with Gasteiger partial charge >= 0.3 is 0 Å². The predicted molar refractivity (Wildman–Crippen MR) is 79.8 cm³/mol. The van der Waals surface area contributed by atoms with E-state index in [-0.39, 0.29) is 4.90 Å². The van der Waals surface area contributed by atoms with E-state index < -0.39 is 20.6 Å². The molecule has 0 saturated heterocycles. The van der Waals surface area contributed by atoms with Crippen molar-refractivity contribution in [2.24, 2.45) is 5.92 Å². The van der Waals surface area contributed by atoms with Crippen molar-refractivity contribution >= 4 is 21.4 Å². The second-order valence-electron chi connectivity index (χ2n) is 5.10. The molecule has 0 bridgehead atoms. The van der Waals surface area contributed by atoms with Crippen molar-refractivity contribution in [1.82, 2.24) is 4.72 Å². The van der Waals surface area contributed by atoms with Gasteiger partial charge in [-0.15, -0.1) is 0 Å².